The molecule has 1 aromatic carbocycles. The van der Waals surface area contributed by atoms with Crippen LogP contribution in [-0.4, -0.2) is 37.2 Å². The van der Waals surface area contributed by atoms with Crippen molar-refractivity contribution in [3.05, 3.63) is 24.3 Å². The molecule has 1 N–H and O–H groups in total. The summed E-state index contributed by atoms with van der Waals surface area (Å²) in [6.45, 7) is 7.70. The Hall–Kier alpha value is -0.803. The summed E-state index contributed by atoms with van der Waals surface area (Å²) in [6, 6.07) is 9.03. The van der Waals surface area contributed by atoms with Gasteiger partial charge in [0.15, 0.2) is 0 Å². The Labute approximate surface area is 148 Å². The van der Waals surface area contributed by atoms with Crippen LogP contribution in [0.2, 0.25) is 18.6 Å². The van der Waals surface area contributed by atoms with Gasteiger partial charge in [-0.05, 0) is 67.4 Å². The monoisotopic (exact) mass is 343 g/mol. The number of para-hydroxylation sites is 1. The van der Waals surface area contributed by atoms with E-state index in [1.807, 2.05) is 12.1 Å². The molecule has 2 aliphatic carbocycles. The van der Waals surface area contributed by atoms with Crippen molar-refractivity contribution < 1.29 is 5.11 Å². The minimum Gasteiger partial charge on any atom is -0.508 e. The number of hydrogen-bond donors (Lipinski definition) is 1. The molecule has 2 nitrogen and oxygen atoms in total. The summed E-state index contributed by atoms with van der Waals surface area (Å²) in [5.74, 6) is 2.39. The molecule has 1 heterocycles. The number of benzene rings is 1. The first-order chi connectivity index (χ1) is 11.6. The van der Waals surface area contributed by atoms with Crippen LogP contribution >= 0.6 is 0 Å². The molecule has 4 unspecified atom stereocenters. The van der Waals surface area contributed by atoms with Crippen LogP contribution in [0.15, 0.2) is 24.3 Å². The van der Waals surface area contributed by atoms with E-state index in [0.717, 1.165) is 23.4 Å². The van der Waals surface area contributed by atoms with Crippen molar-refractivity contribution in [2.75, 3.05) is 13.1 Å². The molecule has 3 aliphatic rings. The fraction of sp³-hybridized carbons (Fsp3) is 0.714. The van der Waals surface area contributed by atoms with Crippen LogP contribution in [-0.2, 0) is 0 Å². The van der Waals surface area contributed by atoms with Crippen molar-refractivity contribution in [3.63, 3.8) is 0 Å². The second-order valence-electron chi connectivity index (χ2n) is 9.00. The number of hydrogen-bond acceptors (Lipinski definition) is 2. The highest BCUT2D eigenvalue weighted by atomic mass is 28.3. The van der Waals surface area contributed by atoms with Crippen molar-refractivity contribution in [3.8, 4) is 5.75 Å². The van der Waals surface area contributed by atoms with Gasteiger partial charge < -0.3 is 10.0 Å². The van der Waals surface area contributed by atoms with Gasteiger partial charge in [-0.3, -0.25) is 0 Å². The lowest BCUT2D eigenvalue weighted by Gasteiger charge is -2.38. The molecule has 0 radical (unpaired) electrons. The maximum Gasteiger partial charge on any atom is 0.114 e. The molecule has 3 heteroatoms. The van der Waals surface area contributed by atoms with Crippen molar-refractivity contribution in [1.82, 2.24) is 4.90 Å². The quantitative estimate of drug-likeness (QED) is 0.825. The average Bonchev–Trinajstić information content (AvgIpc) is 3.22. The fourth-order valence-electron chi connectivity index (χ4n) is 6.32. The van der Waals surface area contributed by atoms with Gasteiger partial charge in [0.05, 0.1) is 8.07 Å². The van der Waals surface area contributed by atoms with Gasteiger partial charge in [0, 0.05) is 6.04 Å². The zero-order valence-corrected chi connectivity index (χ0v) is 16.4. The third-order valence-electron chi connectivity index (χ3n) is 7.52. The van der Waals surface area contributed by atoms with Crippen LogP contribution in [0.5, 0.6) is 5.75 Å². The van der Waals surface area contributed by atoms with Crippen LogP contribution in [0.4, 0.5) is 0 Å². The van der Waals surface area contributed by atoms with Gasteiger partial charge in [-0.15, -0.1) is 0 Å². The minimum absolute atomic E-state index is 0.547. The van der Waals surface area contributed by atoms with E-state index in [0.29, 0.717) is 5.75 Å². The van der Waals surface area contributed by atoms with Gasteiger partial charge >= 0.3 is 0 Å². The van der Waals surface area contributed by atoms with Crippen molar-refractivity contribution in [1.29, 1.82) is 0 Å². The number of phenols is 1. The fourth-order valence-corrected chi connectivity index (χ4v) is 10.3. The number of nitrogens with zero attached hydrogens (tertiary/aromatic N) is 1. The maximum absolute atomic E-state index is 10.5. The van der Waals surface area contributed by atoms with Gasteiger partial charge in [-0.1, -0.05) is 50.6 Å². The molecule has 0 amide bonds. The Balaban J connectivity index is 1.65. The largest absolute Gasteiger partial charge is 0.508 e. The number of rotatable bonds is 3. The molecule has 2 saturated carbocycles. The Morgan fingerprint density at radius 1 is 0.958 bits per heavy atom. The van der Waals surface area contributed by atoms with E-state index in [1.165, 1.54) is 63.2 Å². The number of aromatic hydroxyl groups is 1. The summed E-state index contributed by atoms with van der Waals surface area (Å²) in [5.41, 5.74) is 0.835. The molecule has 4 rings (SSSR count). The van der Waals surface area contributed by atoms with E-state index < -0.39 is 8.07 Å². The molecule has 4 atom stereocenters. The van der Waals surface area contributed by atoms with E-state index in [4.69, 9.17) is 0 Å². The highest BCUT2D eigenvalue weighted by Gasteiger charge is 2.52. The van der Waals surface area contributed by atoms with Crippen LogP contribution in [0.25, 0.3) is 0 Å². The molecule has 1 aliphatic heterocycles. The molecule has 1 saturated heterocycles. The first kappa shape index (κ1) is 16.7. The van der Waals surface area contributed by atoms with E-state index in [2.05, 4.69) is 30.1 Å². The Morgan fingerprint density at radius 3 is 2.33 bits per heavy atom. The predicted molar refractivity (Wildman–Crippen MR) is 104 cm³/mol. The maximum atomic E-state index is 10.5. The first-order valence-electron chi connectivity index (χ1n) is 10.1. The molecular weight excluding hydrogens is 310 g/mol. The van der Waals surface area contributed by atoms with Crippen molar-refractivity contribution in [2.45, 2.75) is 69.6 Å². The van der Waals surface area contributed by atoms with Gasteiger partial charge in [0.2, 0.25) is 0 Å². The van der Waals surface area contributed by atoms with Gasteiger partial charge in [-0.25, -0.2) is 0 Å². The van der Waals surface area contributed by atoms with E-state index in [1.54, 1.807) is 0 Å². The summed E-state index contributed by atoms with van der Waals surface area (Å²) in [5, 5.41) is 11.8. The summed E-state index contributed by atoms with van der Waals surface area (Å²) in [7, 11) is -1.67. The van der Waals surface area contributed by atoms with E-state index in [-0.39, 0.29) is 0 Å². The lowest BCUT2D eigenvalue weighted by atomic mass is 9.80. The normalized spacial score (nSPS) is 34.4. The molecule has 1 aromatic rings. The molecule has 0 bridgehead atoms. The lowest BCUT2D eigenvalue weighted by Crippen LogP contribution is -2.48. The third kappa shape index (κ3) is 2.74. The van der Waals surface area contributed by atoms with Gasteiger partial charge in [0.25, 0.3) is 0 Å². The summed E-state index contributed by atoms with van der Waals surface area (Å²) in [4.78, 5) is 2.83. The predicted octanol–water partition coefficient (Wildman–Crippen LogP) is 4.35. The summed E-state index contributed by atoms with van der Waals surface area (Å²) >= 11 is 0. The van der Waals surface area contributed by atoms with E-state index in [9.17, 15) is 5.11 Å². The molecule has 0 aromatic heterocycles. The number of phenolic OH excluding ortho intramolecular Hbond substituents is 1. The second kappa shape index (κ2) is 6.49. The molecule has 0 spiro atoms. The summed E-state index contributed by atoms with van der Waals surface area (Å²) < 4.78 is 0. The first-order valence-corrected chi connectivity index (χ1v) is 13.2. The Morgan fingerprint density at radius 2 is 1.62 bits per heavy atom. The molecule has 24 heavy (non-hydrogen) atoms. The van der Waals surface area contributed by atoms with Gasteiger partial charge in [-0.2, -0.15) is 0 Å². The van der Waals surface area contributed by atoms with Crippen LogP contribution < -0.4 is 5.19 Å². The summed E-state index contributed by atoms with van der Waals surface area (Å²) in [6.07, 6.45) is 9.95. The molecule has 3 fully saturated rings. The van der Waals surface area contributed by atoms with Crippen LogP contribution in [0, 0.1) is 11.8 Å². The molecular formula is C21H33NOSi. The smallest absolute Gasteiger partial charge is 0.114 e. The zero-order chi connectivity index (χ0) is 16.7. The van der Waals surface area contributed by atoms with E-state index >= 15 is 0 Å². The second-order valence-corrected chi connectivity index (χ2v) is 13.7. The number of fused-ring (bicyclic) bond motifs is 1. The zero-order valence-electron chi connectivity index (χ0n) is 15.4. The minimum atomic E-state index is -1.67. The Kier molecular flexibility index (Phi) is 4.50. The van der Waals surface area contributed by atoms with Crippen LogP contribution in [0.3, 0.4) is 0 Å². The highest BCUT2D eigenvalue weighted by Crippen LogP contribution is 2.55. The number of likely N-dealkylation sites (tertiary alicyclic amines) is 1. The topological polar surface area (TPSA) is 23.5 Å². The third-order valence-corrected chi connectivity index (χ3v) is 11.8. The lowest BCUT2D eigenvalue weighted by molar-refractivity contribution is 0.148. The van der Waals surface area contributed by atoms with Gasteiger partial charge in [0.1, 0.15) is 5.75 Å². The molecule has 132 valence electrons. The Bertz CT molecular complexity index is 581. The van der Waals surface area contributed by atoms with Crippen molar-refractivity contribution in [2.24, 2.45) is 11.8 Å². The van der Waals surface area contributed by atoms with Crippen molar-refractivity contribution >= 4 is 13.3 Å². The average molecular weight is 344 g/mol. The standard InChI is InChI=1S/C21H33NOSi/c1-24(2,20-12-6-5-11-19(20)23)21-15-18(22-13-7-8-14-22)16-9-3-4-10-17(16)21/h5-6,11-12,16-18,21,23H,3-4,7-10,13-15H2,1-2H3. The SMILES string of the molecule is C[Si](C)(c1ccccc1O)C1CC(N2CCCC2)C2CCCCC21. The van der Waals surface area contributed by atoms with Crippen LogP contribution in [0.1, 0.15) is 44.9 Å². The highest BCUT2D eigenvalue weighted by molar-refractivity contribution is 6.91.